The Morgan fingerprint density at radius 2 is 1.91 bits per heavy atom. The summed E-state index contributed by atoms with van der Waals surface area (Å²) in [5, 5.41) is 14.8. The maximum absolute atomic E-state index is 10.5. The van der Waals surface area contributed by atoms with Gasteiger partial charge in [-0.05, 0) is 60.0 Å². The number of aliphatic hydroxyl groups is 1. The van der Waals surface area contributed by atoms with Gasteiger partial charge < -0.3 is 16.6 Å². The molecule has 0 bridgehead atoms. The van der Waals surface area contributed by atoms with Crippen molar-refractivity contribution in [2.24, 2.45) is 5.73 Å². The second-order valence-electron chi connectivity index (χ2n) is 7.84. The fraction of sp³-hybridized carbons (Fsp3) is 0.130. The maximum Gasteiger partial charge on any atom is 0.167 e. The average molecular weight is 424 g/mol. The molecule has 0 amide bonds. The third-order valence-corrected chi connectivity index (χ3v) is 5.87. The molecule has 158 valence electrons. The average Bonchev–Trinajstić information content (AvgIpc) is 3.52. The highest BCUT2D eigenvalue weighted by molar-refractivity contribution is 5.83. The van der Waals surface area contributed by atoms with E-state index in [9.17, 15) is 5.11 Å². The first kappa shape index (κ1) is 18.7. The highest BCUT2D eigenvalue weighted by atomic mass is 16.3. The molecule has 6 rings (SSSR count). The summed E-state index contributed by atoms with van der Waals surface area (Å²) in [5.74, 6) is 1.66. The Bertz CT molecular complexity index is 1460. The van der Waals surface area contributed by atoms with Crippen molar-refractivity contribution in [2.75, 3.05) is 5.73 Å². The molecule has 4 heterocycles. The molecule has 32 heavy (non-hydrogen) atoms. The van der Waals surface area contributed by atoms with Crippen LogP contribution in [0.5, 0.6) is 0 Å². The van der Waals surface area contributed by atoms with Crippen molar-refractivity contribution in [1.82, 2.24) is 29.3 Å². The molecule has 1 aliphatic rings. The maximum atomic E-state index is 10.5. The minimum Gasteiger partial charge on any atom is -0.388 e. The molecule has 0 unspecified atom stereocenters. The summed E-state index contributed by atoms with van der Waals surface area (Å²) in [6.07, 6.45) is 5.09. The van der Waals surface area contributed by atoms with Gasteiger partial charge >= 0.3 is 0 Å². The predicted octanol–water partition coefficient (Wildman–Crippen LogP) is 2.69. The third kappa shape index (κ3) is 2.79. The minimum atomic E-state index is -0.603. The molecule has 2 atom stereocenters. The number of nitrogens with two attached hydrogens (primary N) is 2. The fourth-order valence-corrected chi connectivity index (χ4v) is 4.33. The number of pyridine rings is 2. The lowest BCUT2D eigenvalue weighted by Crippen LogP contribution is -2.06. The summed E-state index contributed by atoms with van der Waals surface area (Å²) in [6.45, 7) is 0. The van der Waals surface area contributed by atoms with Gasteiger partial charge in [-0.15, -0.1) is 0 Å². The van der Waals surface area contributed by atoms with Crippen LogP contribution in [0.4, 0.5) is 5.82 Å². The zero-order valence-electron chi connectivity index (χ0n) is 17.0. The molecule has 0 spiro atoms. The standard InChI is InChI=1S/C23H20N8O/c24-17-12-19(32)16-11-13(4-5-14(16)17)31-22(15-3-1-8-26-21(15)25)28-18-6-7-20(29-23(18)31)30-10-2-9-27-30/h1-11,17,19,32H,12,24H2,(H2,25,26)/t17-,19+/m0/s1. The van der Waals surface area contributed by atoms with E-state index in [1.165, 1.54) is 0 Å². The first-order chi connectivity index (χ1) is 15.6. The molecule has 5 aromatic rings. The van der Waals surface area contributed by atoms with Crippen molar-refractivity contribution in [3.8, 4) is 22.9 Å². The molecule has 5 N–H and O–H groups in total. The molecule has 1 aliphatic carbocycles. The summed E-state index contributed by atoms with van der Waals surface area (Å²) in [5.41, 5.74) is 17.0. The largest absolute Gasteiger partial charge is 0.388 e. The van der Waals surface area contributed by atoms with Crippen molar-refractivity contribution in [3.05, 3.63) is 78.2 Å². The number of hydrogen-bond donors (Lipinski definition) is 3. The molecular weight excluding hydrogens is 404 g/mol. The van der Waals surface area contributed by atoms with E-state index in [-0.39, 0.29) is 6.04 Å². The summed E-state index contributed by atoms with van der Waals surface area (Å²) in [6, 6.07) is 15.0. The number of anilines is 1. The van der Waals surface area contributed by atoms with Gasteiger partial charge in [0.1, 0.15) is 11.3 Å². The van der Waals surface area contributed by atoms with Gasteiger partial charge in [0, 0.05) is 30.3 Å². The smallest absolute Gasteiger partial charge is 0.167 e. The van der Waals surface area contributed by atoms with Crippen molar-refractivity contribution >= 4 is 17.0 Å². The SMILES string of the molecule is Nc1ncccc1-c1nc2ccc(-n3cccn3)nc2n1-c1ccc2c(c1)[C@H](O)C[C@@H]2N. The summed E-state index contributed by atoms with van der Waals surface area (Å²) >= 11 is 0. The van der Waals surface area contributed by atoms with E-state index >= 15 is 0 Å². The van der Waals surface area contributed by atoms with E-state index in [1.54, 1.807) is 17.1 Å². The Kier molecular flexibility index (Phi) is 4.07. The molecule has 0 saturated heterocycles. The number of benzene rings is 1. The fourth-order valence-electron chi connectivity index (χ4n) is 4.33. The number of imidazole rings is 1. The van der Waals surface area contributed by atoms with E-state index in [0.717, 1.165) is 16.8 Å². The van der Waals surface area contributed by atoms with Crippen LogP contribution in [-0.4, -0.2) is 34.4 Å². The molecule has 1 aromatic carbocycles. The number of aromatic nitrogens is 6. The Labute approximate surface area is 183 Å². The molecular formula is C23H20N8O. The normalized spacial score (nSPS) is 17.7. The summed E-state index contributed by atoms with van der Waals surface area (Å²) in [4.78, 5) is 13.9. The Morgan fingerprint density at radius 1 is 1.00 bits per heavy atom. The molecule has 0 fully saturated rings. The number of fused-ring (bicyclic) bond motifs is 2. The predicted molar refractivity (Wildman–Crippen MR) is 120 cm³/mol. The molecule has 0 aliphatic heterocycles. The van der Waals surface area contributed by atoms with Crippen molar-refractivity contribution in [2.45, 2.75) is 18.6 Å². The van der Waals surface area contributed by atoms with E-state index in [4.69, 9.17) is 21.4 Å². The van der Waals surface area contributed by atoms with E-state index in [2.05, 4.69) is 10.1 Å². The first-order valence-corrected chi connectivity index (χ1v) is 10.3. The molecule has 9 nitrogen and oxygen atoms in total. The number of nitrogens with zero attached hydrogens (tertiary/aromatic N) is 6. The zero-order chi connectivity index (χ0) is 21.8. The molecule has 4 aromatic heterocycles. The molecule has 9 heteroatoms. The summed E-state index contributed by atoms with van der Waals surface area (Å²) in [7, 11) is 0. The van der Waals surface area contributed by atoms with Gasteiger partial charge in [-0.3, -0.25) is 4.57 Å². The van der Waals surface area contributed by atoms with Crippen LogP contribution in [-0.2, 0) is 0 Å². The number of rotatable bonds is 3. The second kappa shape index (κ2) is 6.98. The Balaban J connectivity index is 1.64. The lowest BCUT2D eigenvalue weighted by molar-refractivity contribution is 0.173. The van der Waals surface area contributed by atoms with E-state index < -0.39 is 6.10 Å². The lowest BCUT2D eigenvalue weighted by Gasteiger charge is -2.13. The van der Waals surface area contributed by atoms with Gasteiger partial charge in [0.05, 0.1) is 11.7 Å². The van der Waals surface area contributed by atoms with Crippen LogP contribution in [0.25, 0.3) is 34.1 Å². The summed E-state index contributed by atoms with van der Waals surface area (Å²) < 4.78 is 3.63. The van der Waals surface area contributed by atoms with Crippen LogP contribution < -0.4 is 11.5 Å². The van der Waals surface area contributed by atoms with Crippen LogP contribution in [0.2, 0.25) is 0 Å². The highest BCUT2D eigenvalue weighted by Crippen LogP contribution is 2.39. The van der Waals surface area contributed by atoms with Gasteiger partial charge in [-0.2, -0.15) is 5.10 Å². The van der Waals surface area contributed by atoms with Gasteiger partial charge in [0.15, 0.2) is 17.3 Å². The van der Waals surface area contributed by atoms with Crippen LogP contribution in [0.15, 0.2) is 67.1 Å². The van der Waals surface area contributed by atoms with Crippen LogP contribution in [0.3, 0.4) is 0 Å². The van der Waals surface area contributed by atoms with Gasteiger partial charge in [-0.1, -0.05) is 6.07 Å². The van der Waals surface area contributed by atoms with Gasteiger partial charge in [0.2, 0.25) is 0 Å². The van der Waals surface area contributed by atoms with Crippen molar-refractivity contribution < 1.29 is 5.11 Å². The second-order valence-corrected chi connectivity index (χ2v) is 7.84. The third-order valence-electron chi connectivity index (χ3n) is 5.87. The number of aliphatic hydroxyl groups excluding tert-OH is 1. The van der Waals surface area contributed by atoms with Crippen molar-refractivity contribution in [1.29, 1.82) is 0 Å². The van der Waals surface area contributed by atoms with Crippen LogP contribution >= 0.6 is 0 Å². The minimum absolute atomic E-state index is 0.174. The Hall–Kier alpha value is -4.08. The van der Waals surface area contributed by atoms with Crippen LogP contribution in [0.1, 0.15) is 29.7 Å². The lowest BCUT2D eigenvalue weighted by atomic mass is 10.1. The quantitative estimate of drug-likeness (QED) is 0.405. The molecule has 0 radical (unpaired) electrons. The van der Waals surface area contributed by atoms with E-state index in [1.807, 2.05) is 59.3 Å². The zero-order valence-corrected chi connectivity index (χ0v) is 17.0. The topological polar surface area (TPSA) is 134 Å². The van der Waals surface area contributed by atoms with Gasteiger partial charge in [-0.25, -0.2) is 19.6 Å². The monoisotopic (exact) mass is 424 g/mol. The van der Waals surface area contributed by atoms with E-state index in [0.29, 0.717) is 40.6 Å². The first-order valence-electron chi connectivity index (χ1n) is 10.3. The van der Waals surface area contributed by atoms with Crippen molar-refractivity contribution in [3.63, 3.8) is 0 Å². The highest BCUT2D eigenvalue weighted by Gasteiger charge is 2.28. The van der Waals surface area contributed by atoms with Gasteiger partial charge in [0.25, 0.3) is 0 Å². The number of hydrogen-bond acceptors (Lipinski definition) is 7. The number of nitrogen functional groups attached to an aromatic ring is 1. The Morgan fingerprint density at radius 3 is 2.72 bits per heavy atom. The van der Waals surface area contributed by atoms with Crippen LogP contribution in [0, 0.1) is 0 Å². The molecule has 0 saturated carbocycles.